The number of rotatable bonds is 6. The third-order valence-electron chi connectivity index (χ3n) is 6.19. The zero-order valence-corrected chi connectivity index (χ0v) is 18.8. The number of carbonyl (C=O) groups excluding carboxylic acids is 2. The summed E-state index contributed by atoms with van der Waals surface area (Å²) in [6.45, 7) is 3.35. The average molecular weight is 446 g/mol. The van der Waals surface area contributed by atoms with Crippen LogP contribution >= 0.6 is 0 Å². The first-order valence-corrected chi connectivity index (χ1v) is 11.3. The van der Waals surface area contributed by atoms with Crippen LogP contribution in [-0.2, 0) is 11.2 Å². The molecule has 1 aliphatic heterocycles. The molecule has 0 saturated carbocycles. The third-order valence-corrected chi connectivity index (χ3v) is 6.19. The monoisotopic (exact) mass is 445 g/mol. The SMILES string of the molecule is CCNC(=O)[C@@]1(Cc2cccc(-c3cccc(F)c3)c2)CCCN(C(=O)c2ccccn2)C1. The Labute approximate surface area is 193 Å². The molecule has 0 aliphatic carbocycles. The van der Waals surface area contributed by atoms with Gasteiger partial charge in [-0.3, -0.25) is 14.6 Å². The van der Waals surface area contributed by atoms with Crippen molar-refractivity contribution in [3.63, 3.8) is 0 Å². The van der Waals surface area contributed by atoms with Crippen molar-refractivity contribution in [1.29, 1.82) is 0 Å². The van der Waals surface area contributed by atoms with Gasteiger partial charge in [0.2, 0.25) is 5.91 Å². The number of amides is 2. The molecule has 2 heterocycles. The summed E-state index contributed by atoms with van der Waals surface area (Å²) in [6.07, 6.45) is 3.52. The van der Waals surface area contributed by atoms with Gasteiger partial charge >= 0.3 is 0 Å². The van der Waals surface area contributed by atoms with Crippen LogP contribution in [-0.4, -0.2) is 41.3 Å². The van der Waals surface area contributed by atoms with E-state index in [1.165, 1.54) is 12.1 Å². The van der Waals surface area contributed by atoms with Crippen LogP contribution in [0.25, 0.3) is 11.1 Å². The molecule has 0 unspecified atom stereocenters. The van der Waals surface area contributed by atoms with E-state index < -0.39 is 5.41 Å². The van der Waals surface area contributed by atoms with E-state index in [9.17, 15) is 14.0 Å². The highest BCUT2D eigenvalue weighted by atomic mass is 19.1. The molecule has 1 aliphatic rings. The number of hydrogen-bond donors (Lipinski definition) is 1. The van der Waals surface area contributed by atoms with Crippen LogP contribution in [0.2, 0.25) is 0 Å². The van der Waals surface area contributed by atoms with Crippen LogP contribution in [0.1, 0.15) is 35.8 Å². The molecule has 4 rings (SSSR count). The summed E-state index contributed by atoms with van der Waals surface area (Å²) in [6, 6.07) is 19.6. The fourth-order valence-corrected chi connectivity index (χ4v) is 4.63. The van der Waals surface area contributed by atoms with E-state index in [1.807, 2.05) is 37.3 Å². The second-order valence-electron chi connectivity index (χ2n) is 8.57. The van der Waals surface area contributed by atoms with Gasteiger partial charge in [-0.25, -0.2) is 4.39 Å². The Hall–Kier alpha value is -3.54. The molecular weight excluding hydrogens is 417 g/mol. The van der Waals surface area contributed by atoms with E-state index in [1.54, 1.807) is 35.4 Å². The maximum atomic E-state index is 13.7. The Morgan fingerprint density at radius 1 is 1.06 bits per heavy atom. The molecule has 1 atom stereocenters. The van der Waals surface area contributed by atoms with E-state index >= 15 is 0 Å². The minimum absolute atomic E-state index is 0.0420. The molecule has 1 aromatic heterocycles. The molecule has 2 aromatic carbocycles. The Morgan fingerprint density at radius 2 is 1.85 bits per heavy atom. The summed E-state index contributed by atoms with van der Waals surface area (Å²) in [5, 5.41) is 2.99. The zero-order chi connectivity index (χ0) is 23.3. The van der Waals surface area contributed by atoms with Crippen molar-refractivity contribution in [2.24, 2.45) is 5.41 Å². The summed E-state index contributed by atoms with van der Waals surface area (Å²) >= 11 is 0. The lowest BCUT2D eigenvalue weighted by atomic mass is 9.74. The van der Waals surface area contributed by atoms with Crippen molar-refractivity contribution < 1.29 is 14.0 Å². The van der Waals surface area contributed by atoms with Gasteiger partial charge in [-0.05, 0) is 67.1 Å². The Bertz CT molecular complexity index is 1130. The van der Waals surface area contributed by atoms with Crippen LogP contribution in [0.3, 0.4) is 0 Å². The first-order valence-electron chi connectivity index (χ1n) is 11.3. The van der Waals surface area contributed by atoms with Gasteiger partial charge in [0.25, 0.3) is 5.91 Å². The number of hydrogen-bond acceptors (Lipinski definition) is 3. The number of nitrogens with zero attached hydrogens (tertiary/aromatic N) is 2. The van der Waals surface area contributed by atoms with Crippen molar-refractivity contribution in [3.05, 3.63) is 90.0 Å². The summed E-state index contributed by atoms with van der Waals surface area (Å²) in [4.78, 5) is 32.3. The molecule has 0 spiro atoms. The topological polar surface area (TPSA) is 62.3 Å². The molecule has 6 heteroatoms. The number of piperidine rings is 1. The molecule has 1 fully saturated rings. The number of carbonyl (C=O) groups is 2. The van der Waals surface area contributed by atoms with Crippen molar-refractivity contribution in [1.82, 2.24) is 15.2 Å². The first kappa shape index (κ1) is 22.6. The summed E-state index contributed by atoms with van der Waals surface area (Å²) in [5.74, 6) is -0.482. The molecule has 0 radical (unpaired) electrons. The van der Waals surface area contributed by atoms with Crippen LogP contribution in [0, 0.1) is 11.2 Å². The van der Waals surface area contributed by atoms with E-state index in [2.05, 4.69) is 10.3 Å². The van der Waals surface area contributed by atoms with Gasteiger partial charge < -0.3 is 10.2 Å². The van der Waals surface area contributed by atoms with Crippen molar-refractivity contribution in [2.45, 2.75) is 26.2 Å². The van der Waals surface area contributed by atoms with Gasteiger partial charge in [0, 0.05) is 25.8 Å². The van der Waals surface area contributed by atoms with E-state index in [0.29, 0.717) is 38.2 Å². The van der Waals surface area contributed by atoms with E-state index in [4.69, 9.17) is 0 Å². The number of halogens is 1. The maximum Gasteiger partial charge on any atom is 0.272 e. The number of nitrogens with one attached hydrogen (secondary N) is 1. The molecule has 3 aromatic rings. The molecule has 170 valence electrons. The minimum atomic E-state index is -0.737. The summed E-state index contributed by atoms with van der Waals surface area (Å²) < 4.78 is 13.7. The Balaban J connectivity index is 1.63. The zero-order valence-electron chi connectivity index (χ0n) is 18.8. The second-order valence-corrected chi connectivity index (χ2v) is 8.57. The molecule has 5 nitrogen and oxygen atoms in total. The summed E-state index contributed by atoms with van der Waals surface area (Å²) in [7, 11) is 0. The molecule has 33 heavy (non-hydrogen) atoms. The normalized spacial score (nSPS) is 18.1. The average Bonchev–Trinajstić information content (AvgIpc) is 2.84. The lowest BCUT2D eigenvalue weighted by molar-refractivity contribution is -0.133. The second kappa shape index (κ2) is 9.94. The summed E-state index contributed by atoms with van der Waals surface area (Å²) in [5.41, 5.74) is 2.32. The standard InChI is InChI=1S/C27H28FN3O2/c1-2-29-26(33)27(13-7-15-31(19-27)25(32)24-12-3-4-14-30-24)18-20-8-5-9-21(16-20)22-10-6-11-23(28)17-22/h3-6,8-12,14,16-17H,2,7,13,15,18-19H2,1H3,(H,29,33)/t27-/m1/s1. The van der Waals surface area contributed by atoms with Crippen LogP contribution in [0.5, 0.6) is 0 Å². The quantitative estimate of drug-likeness (QED) is 0.608. The minimum Gasteiger partial charge on any atom is -0.356 e. The lowest BCUT2D eigenvalue weighted by Crippen LogP contribution is -2.54. The van der Waals surface area contributed by atoms with E-state index in [0.717, 1.165) is 23.1 Å². The molecule has 2 amide bonds. The number of benzene rings is 2. The Kier molecular flexibility index (Phi) is 6.82. The third kappa shape index (κ3) is 5.11. The van der Waals surface area contributed by atoms with Gasteiger partial charge in [-0.1, -0.05) is 42.5 Å². The molecular formula is C27H28FN3O2. The van der Waals surface area contributed by atoms with Crippen LogP contribution in [0.4, 0.5) is 4.39 Å². The number of likely N-dealkylation sites (tertiary alicyclic amines) is 1. The Morgan fingerprint density at radius 3 is 2.58 bits per heavy atom. The van der Waals surface area contributed by atoms with Gasteiger partial charge in [-0.15, -0.1) is 0 Å². The fourth-order valence-electron chi connectivity index (χ4n) is 4.63. The predicted molar refractivity (Wildman–Crippen MR) is 126 cm³/mol. The largest absolute Gasteiger partial charge is 0.356 e. The highest BCUT2D eigenvalue weighted by Gasteiger charge is 2.43. The maximum absolute atomic E-state index is 13.7. The van der Waals surface area contributed by atoms with Crippen molar-refractivity contribution in [2.75, 3.05) is 19.6 Å². The van der Waals surface area contributed by atoms with Crippen LogP contribution < -0.4 is 5.32 Å². The smallest absolute Gasteiger partial charge is 0.272 e. The van der Waals surface area contributed by atoms with Crippen molar-refractivity contribution >= 4 is 11.8 Å². The first-order chi connectivity index (χ1) is 16.0. The van der Waals surface area contributed by atoms with Crippen molar-refractivity contribution in [3.8, 4) is 11.1 Å². The lowest BCUT2D eigenvalue weighted by Gasteiger charge is -2.41. The van der Waals surface area contributed by atoms with Crippen LogP contribution in [0.15, 0.2) is 72.9 Å². The predicted octanol–water partition coefficient (Wildman–Crippen LogP) is 4.49. The number of aromatic nitrogens is 1. The highest BCUT2D eigenvalue weighted by Crippen LogP contribution is 2.36. The molecule has 0 bridgehead atoms. The molecule has 1 N–H and O–H groups in total. The van der Waals surface area contributed by atoms with Gasteiger partial charge in [0.05, 0.1) is 5.41 Å². The number of pyridine rings is 1. The molecule has 1 saturated heterocycles. The van der Waals surface area contributed by atoms with Gasteiger partial charge in [0.15, 0.2) is 0 Å². The fraction of sp³-hybridized carbons (Fsp3) is 0.296. The van der Waals surface area contributed by atoms with E-state index in [-0.39, 0.29) is 17.6 Å². The highest BCUT2D eigenvalue weighted by molar-refractivity contribution is 5.93. The van der Waals surface area contributed by atoms with Gasteiger partial charge in [-0.2, -0.15) is 0 Å². The van der Waals surface area contributed by atoms with Gasteiger partial charge in [0.1, 0.15) is 11.5 Å².